The third kappa shape index (κ3) is 9.93. The van der Waals surface area contributed by atoms with Crippen LogP contribution in [-0.4, -0.2) is 54.2 Å². The Balaban J connectivity index is 0.000000640. The molecule has 0 atom stereocenters. The van der Waals surface area contributed by atoms with E-state index >= 15 is 0 Å². The third-order valence-corrected chi connectivity index (χ3v) is 4.02. The molecule has 0 unspecified atom stereocenters. The van der Waals surface area contributed by atoms with Crippen LogP contribution in [-0.2, 0) is 9.59 Å². The van der Waals surface area contributed by atoms with Gasteiger partial charge in [-0.25, -0.2) is 0 Å². The van der Waals surface area contributed by atoms with Crippen LogP contribution in [0, 0.1) is 5.92 Å². The molecule has 2 aliphatic rings. The normalized spacial score (nSPS) is 19.4. The van der Waals surface area contributed by atoms with Gasteiger partial charge < -0.3 is 14.6 Å². The zero-order valence-electron chi connectivity index (χ0n) is 15.4. The molecule has 2 heterocycles. The average Bonchev–Trinajstić information content (AvgIpc) is 2.50. The van der Waals surface area contributed by atoms with Crippen molar-refractivity contribution in [3.05, 3.63) is 0 Å². The van der Waals surface area contributed by atoms with Gasteiger partial charge in [-0.2, -0.15) is 0 Å². The van der Waals surface area contributed by atoms with E-state index in [0.717, 1.165) is 19.0 Å². The zero-order valence-corrected chi connectivity index (χ0v) is 15.4. The molecular formula is C18H36N2O2. The first-order chi connectivity index (χ1) is 10.5. The fourth-order valence-corrected chi connectivity index (χ4v) is 2.94. The Morgan fingerprint density at radius 1 is 0.864 bits per heavy atom. The Morgan fingerprint density at radius 3 is 1.73 bits per heavy atom. The lowest BCUT2D eigenvalue weighted by Gasteiger charge is -2.35. The van der Waals surface area contributed by atoms with Crippen molar-refractivity contribution in [1.29, 1.82) is 0 Å². The van der Waals surface area contributed by atoms with E-state index < -0.39 is 0 Å². The van der Waals surface area contributed by atoms with Gasteiger partial charge in [0.1, 0.15) is 5.78 Å². The maximum Gasteiger partial charge on any atom is 0.219 e. The van der Waals surface area contributed by atoms with Crippen molar-refractivity contribution in [3.63, 3.8) is 0 Å². The van der Waals surface area contributed by atoms with Crippen molar-refractivity contribution in [2.24, 2.45) is 5.92 Å². The fourth-order valence-electron chi connectivity index (χ4n) is 2.94. The van der Waals surface area contributed by atoms with E-state index in [1.54, 1.807) is 6.92 Å². The van der Waals surface area contributed by atoms with Gasteiger partial charge in [-0.1, -0.05) is 20.3 Å². The molecule has 2 saturated heterocycles. The molecule has 0 bridgehead atoms. The molecule has 0 saturated carbocycles. The Bertz CT molecular complexity index is 300. The first-order valence-electron chi connectivity index (χ1n) is 8.94. The summed E-state index contributed by atoms with van der Waals surface area (Å²) in [5.41, 5.74) is 0. The van der Waals surface area contributed by atoms with Crippen molar-refractivity contribution in [3.8, 4) is 0 Å². The summed E-state index contributed by atoms with van der Waals surface area (Å²) in [6.07, 6.45) is 6.59. The minimum Gasteiger partial charge on any atom is -0.343 e. The lowest BCUT2D eigenvalue weighted by molar-refractivity contribution is -0.130. The smallest absolute Gasteiger partial charge is 0.219 e. The molecule has 4 nitrogen and oxygen atoms in total. The largest absolute Gasteiger partial charge is 0.343 e. The molecule has 1 amide bonds. The minimum atomic E-state index is 0.167. The van der Waals surface area contributed by atoms with Crippen LogP contribution in [0.4, 0.5) is 0 Å². The molecule has 0 aliphatic carbocycles. The Labute approximate surface area is 137 Å². The maximum atomic E-state index is 11.2. The average molecular weight is 312 g/mol. The molecule has 0 aromatic heterocycles. The second-order valence-electron chi connectivity index (χ2n) is 6.22. The first-order valence-corrected chi connectivity index (χ1v) is 8.94. The number of amides is 1. The highest BCUT2D eigenvalue weighted by molar-refractivity contribution is 5.73. The number of likely N-dealkylation sites (tertiary alicyclic amines) is 2. The molecule has 0 spiro atoms. The second-order valence-corrected chi connectivity index (χ2v) is 6.22. The molecule has 130 valence electrons. The molecule has 2 fully saturated rings. The molecule has 0 N–H and O–H groups in total. The number of hydrogen-bond acceptors (Lipinski definition) is 3. The Kier molecular flexibility index (Phi) is 12.1. The van der Waals surface area contributed by atoms with Gasteiger partial charge in [-0.05, 0) is 58.5 Å². The monoisotopic (exact) mass is 312 g/mol. The maximum absolute atomic E-state index is 11.2. The molecule has 22 heavy (non-hydrogen) atoms. The summed E-state index contributed by atoms with van der Waals surface area (Å²) in [4.78, 5) is 25.3. The van der Waals surface area contributed by atoms with Crippen molar-refractivity contribution < 1.29 is 9.59 Å². The summed E-state index contributed by atoms with van der Waals surface area (Å²) < 4.78 is 0. The fraction of sp³-hybridized carbons (Fsp3) is 0.889. The SMILES string of the molecule is CC.CC(=O)N1CCC(CN2CCCCC2)CC1.CC(C)=O. The number of ketones is 1. The van der Waals surface area contributed by atoms with Crippen molar-refractivity contribution >= 4 is 11.7 Å². The standard InChI is InChI=1S/C13H24N2O.C3H6O.C2H6/c1-12(16)15-9-5-13(6-10-15)11-14-7-3-2-4-8-14;1-3(2)4;1-2/h13H,2-11H2,1H3;1-2H3;1-2H3. The van der Waals surface area contributed by atoms with Gasteiger partial charge in [0.2, 0.25) is 5.91 Å². The van der Waals surface area contributed by atoms with Crippen LogP contribution in [0.2, 0.25) is 0 Å². The third-order valence-electron chi connectivity index (χ3n) is 4.02. The van der Waals surface area contributed by atoms with Gasteiger partial charge in [-0.3, -0.25) is 4.79 Å². The Morgan fingerprint density at radius 2 is 1.32 bits per heavy atom. The van der Waals surface area contributed by atoms with E-state index in [9.17, 15) is 9.59 Å². The van der Waals surface area contributed by atoms with E-state index in [1.807, 2.05) is 18.7 Å². The predicted molar refractivity (Wildman–Crippen MR) is 93.0 cm³/mol. The number of rotatable bonds is 2. The highest BCUT2D eigenvalue weighted by Crippen LogP contribution is 2.20. The lowest BCUT2D eigenvalue weighted by atomic mass is 9.95. The van der Waals surface area contributed by atoms with Crippen LogP contribution in [0.5, 0.6) is 0 Å². The number of nitrogens with zero attached hydrogens (tertiary/aromatic N) is 2. The molecule has 2 aliphatic heterocycles. The molecule has 4 heteroatoms. The van der Waals surface area contributed by atoms with E-state index in [-0.39, 0.29) is 11.7 Å². The molecule has 0 radical (unpaired) electrons. The van der Waals surface area contributed by atoms with E-state index in [4.69, 9.17) is 0 Å². The topological polar surface area (TPSA) is 40.6 Å². The number of carbonyl (C=O) groups excluding carboxylic acids is 2. The number of carbonyl (C=O) groups is 2. The van der Waals surface area contributed by atoms with Crippen LogP contribution in [0.3, 0.4) is 0 Å². The van der Waals surface area contributed by atoms with E-state index in [2.05, 4.69) is 4.90 Å². The summed E-state index contributed by atoms with van der Waals surface area (Å²) in [6.45, 7) is 14.6. The first kappa shape index (κ1) is 21.1. The van der Waals surface area contributed by atoms with Crippen LogP contribution in [0.25, 0.3) is 0 Å². The van der Waals surface area contributed by atoms with Crippen LogP contribution < -0.4 is 0 Å². The van der Waals surface area contributed by atoms with Crippen LogP contribution in [0.1, 0.15) is 66.7 Å². The molecule has 0 aromatic rings. The van der Waals surface area contributed by atoms with Gasteiger partial charge in [0.15, 0.2) is 0 Å². The minimum absolute atomic E-state index is 0.167. The van der Waals surface area contributed by atoms with Crippen molar-refractivity contribution in [2.75, 3.05) is 32.7 Å². The summed E-state index contributed by atoms with van der Waals surface area (Å²) in [5.74, 6) is 1.24. The molecular weight excluding hydrogens is 276 g/mol. The van der Waals surface area contributed by atoms with E-state index in [1.165, 1.54) is 65.6 Å². The lowest BCUT2D eigenvalue weighted by Crippen LogP contribution is -2.41. The van der Waals surface area contributed by atoms with Gasteiger partial charge >= 0.3 is 0 Å². The van der Waals surface area contributed by atoms with Crippen molar-refractivity contribution in [2.45, 2.75) is 66.7 Å². The summed E-state index contributed by atoms with van der Waals surface area (Å²) in [7, 11) is 0. The number of hydrogen-bond donors (Lipinski definition) is 0. The second kappa shape index (κ2) is 12.6. The number of Topliss-reactive ketones (excluding diaryl/α,β-unsaturated/α-hetero) is 1. The summed E-state index contributed by atoms with van der Waals surface area (Å²) in [6, 6.07) is 0. The highest BCUT2D eigenvalue weighted by Gasteiger charge is 2.23. The summed E-state index contributed by atoms with van der Waals surface area (Å²) >= 11 is 0. The number of piperidine rings is 2. The zero-order chi connectivity index (χ0) is 17.0. The van der Waals surface area contributed by atoms with E-state index in [0.29, 0.717) is 0 Å². The van der Waals surface area contributed by atoms with Gasteiger partial charge in [-0.15, -0.1) is 0 Å². The van der Waals surface area contributed by atoms with Crippen molar-refractivity contribution in [1.82, 2.24) is 9.80 Å². The highest BCUT2D eigenvalue weighted by atomic mass is 16.2. The van der Waals surface area contributed by atoms with Crippen LogP contribution >= 0.6 is 0 Å². The van der Waals surface area contributed by atoms with Gasteiger partial charge in [0, 0.05) is 26.6 Å². The predicted octanol–water partition coefficient (Wildman–Crippen LogP) is 3.35. The van der Waals surface area contributed by atoms with Gasteiger partial charge in [0.25, 0.3) is 0 Å². The molecule has 2 rings (SSSR count). The quantitative estimate of drug-likeness (QED) is 0.785. The Hall–Kier alpha value is -0.900. The molecule has 0 aromatic carbocycles. The van der Waals surface area contributed by atoms with Gasteiger partial charge in [0.05, 0.1) is 0 Å². The van der Waals surface area contributed by atoms with Crippen LogP contribution in [0.15, 0.2) is 0 Å². The summed E-state index contributed by atoms with van der Waals surface area (Å²) in [5, 5.41) is 0.